The van der Waals surface area contributed by atoms with Gasteiger partial charge in [-0.15, -0.1) is 0 Å². The third-order valence-corrected chi connectivity index (χ3v) is 6.54. The predicted octanol–water partition coefficient (Wildman–Crippen LogP) is 4.22. The van der Waals surface area contributed by atoms with Gasteiger partial charge in [0.05, 0.1) is 5.69 Å². The van der Waals surface area contributed by atoms with E-state index in [1.54, 1.807) is 25.2 Å². The molecule has 8 heteroatoms. The number of nitrogens with zero attached hydrogens (tertiary/aromatic N) is 2. The molecule has 164 valence electrons. The molecule has 4 rings (SSSR count). The number of halogens is 1. The third kappa shape index (κ3) is 4.56. The van der Waals surface area contributed by atoms with Crippen LogP contribution in [0.2, 0.25) is 0 Å². The van der Waals surface area contributed by atoms with Crippen LogP contribution in [0.15, 0.2) is 90.2 Å². The molecule has 0 bridgehead atoms. The van der Waals surface area contributed by atoms with Gasteiger partial charge in [-0.1, -0.05) is 30.3 Å². The van der Waals surface area contributed by atoms with Gasteiger partial charge in [-0.05, 0) is 48.5 Å². The Balaban J connectivity index is 1.70. The lowest BCUT2D eigenvalue weighted by Crippen LogP contribution is -2.14. The Morgan fingerprint density at radius 2 is 1.84 bits per heavy atom. The van der Waals surface area contributed by atoms with E-state index in [9.17, 15) is 8.42 Å². The summed E-state index contributed by atoms with van der Waals surface area (Å²) in [6.45, 7) is 0.736. The largest absolute Gasteiger partial charge is 0.489 e. The number of hydrogen-bond donors (Lipinski definition) is 1. The molecule has 0 fully saturated rings. The van der Waals surface area contributed by atoms with Gasteiger partial charge in [0.15, 0.2) is 0 Å². The average molecular weight is 452 g/mol. The monoisotopic (exact) mass is 451 g/mol. The maximum Gasteiger partial charge on any atom is 0.269 e. The minimum Gasteiger partial charge on any atom is -0.489 e. The molecular formula is C24H22FN3O3S. The number of ether oxygens (including phenoxy) is 1. The molecule has 0 radical (unpaired) electrons. The van der Waals surface area contributed by atoms with Crippen molar-refractivity contribution in [2.75, 3.05) is 7.05 Å². The van der Waals surface area contributed by atoms with Gasteiger partial charge in [-0.2, -0.15) is 0 Å². The van der Waals surface area contributed by atoms with Crippen molar-refractivity contribution in [2.45, 2.75) is 18.0 Å². The van der Waals surface area contributed by atoms with Crippen molar-refractivity contribution in [1.29, 1.82) is 0 Å². The van der Waals surface area contributed by atoms with Crippen molar-refractivity contribution in [1.82, 2.24) is 14.3 Å². The van der Waals surface area contributed by atoms with Crippen LogP contribution in [-0.2, 0) is 23.2 Å². The quantitative estimate of drug-likeness (QED) is 0.434. The summed E-state index contributed by atoms with van der Waals surface area (Å²) in [6, 6.07) is 18.7. The Hall–Kier alpha value is -3.49. The van der Waals surface area contributed by atoms with Gasteiger partial charge in [-0.25, -0.2) is 16.8 Å². The van der Waals surface area contributed by atoms with Crippen LogP contribution in [0.4, 0.5) is 4.39 Å². The standard InChI is InChI=1S/C24H22FN3O3S/c1-26-14-19-12-24(28(16-19)32(29,30)21-8-5-11-27-15-21)22-10-9-20(13-23(22)25)31-17-18-6-3-2-4-7-18/h2-13,15-16,26H,14,17H2,1H3. The van der Waals surface area contributed by atoms with Gasteiger partial charge in [-0.3, -0.25) is 4.98 Å². The van der Waals surface area contributed by atoms with Crippen LogP contribution in [0.5, 0.6) is 5.75 Å². The van der Waals surface area contributed by atoms with Crippen LogP contribution >= 0.6 is 0 Å². The van der Waals surface area contributed by atoms with E-state index in [0.717, 1.165) is 9.54 Å². The summed E-state index contributed by atoms with van der Waals surface area (Å²) in [5.41, 5.74) is 2.06. The summed E-state index contributed by atoms with van der Waals surface area (Å²) in [5, 5.41) is 2.99. The highest BCUT2D eigenvalue weighted by atomic mass is 32.2. The molecule has 0 aliphatic heterocycles. The van der Waals surface area contributed by atoms with E-state index in [1.807, 2.05) is 30.3 Å². The fourth-order valence-electron chi connectivity index (χ4n) is 3.34. The fraction of sp³-hybridized carbons (Fsp3) is 0.125. The Morgan fingerprint density at radius 3 is 2.53 bits per heavy atom. The molecule has 0 amide bonds. The molecule has 0 spiro atoms. The maximum absolute atomic E-state index is 15.1. The number of aromatic nitrogens is 2. The number of pyridine rings is 1. The van der Waals surface area contributed by atoms with Gasteiger partial charge < -0.3 is 10.1 Å². The van der Waals surface area contributed by atoms with E-state index in [-0.39, 0.29) is 16.2 Å². The highest BCUT2D eigenvalue weighted by Gasteiger charge is 2.23. The first kappa shape index (κ1) is 21.7. The summed E-state index contributed by atoms with van der Waals surface area (Å²) >= 11 is 0. The number of benzene rings is 2. The van der Waals surface area contributed by atoms with Crippen LogP contribution in [0.25, 0.3) is 11.3 Å². The topological polar surface area (TPSA) is 73.2 Å². The zero-order valence-electron chi connectivity index (χ0n) is 17.4. The highest BCUT2D eigenvalue weighted by molar-refractivity contribution is 7.90. The summed E-state index contributed by atoms with van der Waals surface area (Å²) < 4.78 is 48.4. The van der Waals surface area contributed by atoms with E-state index < -0.39 is 15.8 Å². The molecule has 0 aliphatic carbocycles. The molecule has 0 saturated heterocycles. The summed E-state index contributed by atoms with van der Waals surface area (Å²) in [4.78, 5) is 3.93. The lowest BCUT2D eigenvalue weighted by molar-refractivity contribution is 0.304. The summed E-state index contributed by atoms with van der Waals surface area (Å²) in [6.07, 6.45) is 4.26. The molecule has 2 aromatic carbocycles. The SMILES string of the molecule is CNCc1cc(-c2ccc(OCc3ccccc3)cc2F)n(S(=O)(=O)c2cccnc2)c1. The van der Waals surface area contributed by atoms with E-state index in [2.05, 4.69) is 10.3 Å². The fourth-order valence-corrected chi connectivity index (χ4v) is 4.70. The van der Waals surface area contributed by atoms with Gasteiger partial charge in [0.25, 0.3) is 10.0 Å². The molecule has 0 unspecified atom stereocenters. The van der Waals surface area contributed by atoms with E-state index in [1.165, 1.54) is 36.8 Å². The molecule has 1 N–H and O–H groups in total. The number of rotatable bonds is 8. The second-order valence-corrected chi connectivity index (χ2v) is 8.98. The molecule has 0 aliphatic rings. The van der Waals surface area contributed by atoms with Crippen molar-refractivity contribution in [3.05, 3.63) is 102 Å². The van der Waals surface area contributed by atoms with Gasteiger partial charge in [0, 0.05) is 36.8 Å². The zero-order chi connectivity index (χ0) is 22.6. The molecule has 2 aromatic heterocycles. The molecule has 4 aromatic rings. The van der Waals surface area contributed by atoms with E-state index >= 15 is 4.39 Å². The minimum absolute atomic E-state index is 0.0241. The maximum atomic E-state index is 15.1. The van der Waals surface area contributed by atoms with Crippen LogP contribution in [0, 0.1) is 5.82 Å². The lowest BCUT2D eigenvalue weighted by atomic mass is 10.1. The first-order valence-electron chi connectivity index (χ1n) is 9.97. The Morgan fingerprint density at radius 1 is 1.03 bits per heavy atom. The molecule has 32 heavy (non-hydrogen) atoms. The summed E-state index contributed by atoms with van der Waals surface area (Å²) in [7, 11) is -2.20. The molecule has 6 nitrogen and oxygen atoms in total. The first-order chi connectivity index (χ1) is 15.5. The van der Waals surface area contributed by atoms with E-state index in [4.69, 9.17) is 4.74 Å². The van der Waals surface area contributed by atoms with Crippen molar-refractivity contribution in [2.24, 2.45) is 0 Å². The molecule has 0 saturated carbocycles. The number of nitrogens with one attached hydrogen (secondary N) is 1. The van der Waals surface area contributed by atoms with Crippen molar-refractivity contribution in [3.63, 3.8) is 0 Å². The average Bonchev–Trinajstić information content (AvgIpc) is 3.24. The second-order valence-electron chi connectivity index (χ2n) is 7.17. The third-order valence-electron chi connectivity index (χ3n) is 4.88. The smallest absolute Gasteiger partial charge is 0.269 e. The molecule has 0 atom stereocenters. The zero-order valence-corrected chi connectivity index (χ0v) is 18.2. The Labute approximate surface area is 186 Å². The van der Waals surface area contributed by atoms with Crippen LogP contribution in [0.3, 0.4) is 0 Å². The normalized spacial score (nSPS) is 11.4. The molecule has 2 heterocycles. The molecular weight excluding hydrogens is 429 g/mol. The van der Waals surface area contributed by atoms with Crippen molar-refractivity contribution < 1.29 is 17.5 Å². The van der Waals surface area contributed by atoms with E-state index in [0.29, 0.717) is 24.5 Å². The Bertz CT molecular complexity index is 1310. The van der Waals surface area contributed by atoms with Gasteiger partial charge in [0.2, 0.25) is 0 Å². The Kier molecular flexibility index (Phi) is 6.34. The predicted molar refractivity (Wildman–Crippen MR) is 120 cm³/mol. The number of hydrogen-bond acceptors (Lipinski definition) is 5. The van der Waals surface area contributed by atoms with Crippen molar-refractivity contribution >= 4 is 10.0 Å². The first-order valence-corrected chi connectivity index (χ1v) is 11.4. The lowest BCUT2D eigenvalue weighted by Gasteiger charge is -2.12. The van der Waals surface area contributed by atoms with Gasteiger partial charge >= 0.3 is 0 Å². The van der Waals surface area contributed by atoms with Crippen molar-refractivity contribution in [3.8, 4) is 17.0 Å². The second kappa shape index (κ2) is 9.33. The van der Waals surface area contributed by atoms with Crippen LogP contribution in [0.1, 0.15) is 11.1 Å². The summed E-state index contributed by atoms with van der Waals surface area (Å²) in [5.74, 6) is -0.217. The highest BCUT2D eigenvalue weighted by Crippen LogP contribution is 2.31. The van der Waals surface area contributed by atoms with Gasteiger partial charge in [0.1, 0.15) is 23.1 Å². The van der Waals surface area contributed by atoms with Crippen LogP contribution < -0.4 is 10.1 Å². The van der Waals surface area contributed by atoms with Crippen LogP contribution in [-0.4, -0.2) is 24.4 Å². The minimum atomic E-state index is -3.96.